The summed E-state index contributed by atoms with van der Waals surface area (Å²) in [6, 6.07) is 17.7. The van der Waals surface area contributed by atoms with E-state index in [1.165, 1.54) is 86.7 Å². The quantitative estimate of drug-likeness (QED) is 0.324. The lowest BCUT2D eigenvalue weighted by atomic mass is 9.80. The van der Waals surface area contributed by atoms with Crippen molar-refractivity contribution in [2.24, 2.45) is 5.92 Å². The molecular weight excluding hydrogens is 442 g/mol. The van der Waals surface area contributed by atoms with E-state index in [1.807, 2.05) is 0 Å². The van der Waals surface area contributed by atoms with Gasteiger partial charge >= 0.3 is 0 Å². The molecule has 2 saturated carbocycles. The predicted octanol–water partition coefficient (Wildman–Crippen LogP) is 7.96. The Morgan fingerprint density at radius 2 is 1.67 bits per heavy atom. The van der Waals surface area contributed by atoms with Crippen molar-refractivity contribution in [1.82, 2.24) is 14.5 Å². The molecule has 2 aromatic carbocycles. The van der Waals surface area contributed by atoms with E-state index >= 15 is 0 Å². The van der Waals surface area contributed by atoms with Gasteiger partial charge in [-0.25, -0.2) is 4.98 Å². The van der Waals surface area contributed by atoms with Gasteiger partial charge in [-0.2, -0.15) is 0 Å². The first kappa shape index (κ1) is 25.0. The molecule has 2 aliphatic carbocycles. The van der Waals surface area contributed by atoms with Crippen LogP contribution in [0.2, 0.25) is 0 Å². The van der Waals surface area contributed by atoms with Crippen LogP contribution >= 0.6 is 0 Å². The van der Waals surface area contributed by atoms with Gasteiger partial charge in [-0.05, 0) is 74.6 Å². The first-order chi connectivity index (χ1) is 17.7. The number of fused-ring (bicyclic) bond motifs is 1. The van der Waals surface area contributed by atoms with Gasteiger partial charge in [0, 0.05) is 31.5 Å². The number of rotatable bonds is 8. The van der Waals surface area contributed by atoms with E-state index in [1.54, 1.807) is 0 Å². The molecule has 4 heteroatoms. The predicted molar refractivity (Wildman–Crippen MR) is 149 cm³/mol. The second-order valence-electron chi connectivity index (χ2n) is 11.0. The Morgan fingerprint density at radius 1 is 0.917 bits per heavy atom. The zero-order chi connectivity index (χ0) is 24.9. The van der Waals surface area contributed by atoms with Crippen LogP contribution in [0.1, 0.15) is 96.2 Å². The van der Waals surface area contributed by atoms with Gasteiger partial charge in [0.2, 0.25) is 5.91 Å². The number of nitrogens with zero attached hydrogens (tertiary/aromatic N) is 3. The number of aromatic nitrogens is 2. The normalized spacial score (nSPS) is 21.1. The third-order valence-electron chi connectivity index (χ3n) is 8.90. The highest BCUT2D eigenvalue weighted by Crippen LogP contribution is 2.38. The molecule has 2 fully saturated rings. The molecule has 36 heavy (non-hydrogen) atoms. The summed E-state index contributed by atoms with van der Waals surface area (Å²) in [5.74, 6) is 2.87. The number of hydrogen-bond donors (Lipinski definition) is 0. The maximum absolute atomic E-state index is 13.5. The molecule has 192 valence electrons. The lowest BCUT2D eigenvalue weighted by Crippen LogP contribution is -2.41. The van der Waals surface area contributed by atoms with E-state index in [-0.39, 0.29) is 0 Å². The van der Waals surface area contributed by atoms with Gasteiger partial charge < -0.3 is 9.47 Å². The average molecular weight is 486 g/mol. The highest BCUT2D eigenvalue weighted by molar-refractivity contribution is 5.83. The fourth-order valence-electron chi connectivity index (χ4n) is 6.71. The average Bonchev–Trinajstić information content (AvgIpc) is 3.31. The van der Waals surface area contributed by atoms with Gasteiger partial charge in [0.1, 0.15) is 5.82 Å². The van der Waals surface area contributed by atoms with Crippen molar-refractivity contribution < 1.29 is 4.79 Å². The first-order valence-corrected chi connectivity index (χ1v) is 14.5. The number of carbonyl (C=O) groups excluding carboxylic acids is 1. The summed E-state index contributed by atoms with van der Waals surface area (Å²) in [7, 11) is 0. The Bertz CT molecular complexity index is 1140. The smallest absolute Gasteiger partial charge is 0.224 e. The van der Waals surface area contributed by atoms with Crippen molar-refractivity contribution in [2.75, 3.05) is 6.54 Å². The van der Waals surface area contributed by atoms with Gasteiger partial charge in [0.05, 0.1) is 11.0 Å². The highest BCUT2D eigenvalue weighted by Gasteiger charge is 2.28. The molecule has 0 radical (unpaired) electrons. The molecule has 2 aliphatic rings. The van der Waals surface area contributed by atoms with Crippen molar-refractivity contribution in [3.63, 3.8) is 0 Å². The molecule has 0 saturated heterocycles. The van der Waals surface area contributed by atoms with Crippen LogP contribution in [0.25, 0.3) is 22.2 Å². The van der Waals surface area contributed by atoms with E-state index in [0.29, 0.717) is 24.3 Å². The molecule has 1 aromatic heterocycles. The third kappa shape index (κ3) is 5.38. The van der Waals surface area contributed by atoms with Crippen molar-refractivity contribution in [2.45, 2.75) is 103 Å². The molecule has 0 spiro atoms. The van der Waals surface area contributed by atoms with Crippen LogP contribution in [0.4, 0.5) is 0 Å². The molecule has 0 aliphatic heterocycles. The van der Waals surface area contributed by atoms with E-state index < -0.39 is 0 Å². The number of imidazole rings is 1. The Hall–Kier alpha value is -2.62. The number of aryl methyl sites for hydroxylation is 1. The Labute approximate surface area is 217 Å². The lowest BCUT2D eigenvalue weighted by molar-refractivity contribution is -0.134. The Kier molecular flexibility index (Phi) is 8.09. The molecule has 1 amide bonds. The van der Waals surface area contributed by atoms with Crippen LogP contribution in [-0.2, 0) is 11.3 Å². The van der Waals surface area contributed by atoms with Gasteiger partial charge in [0.25, 0.3) is 0 Å². The van der Waals surface area contributed by atoms with E-state index in [4.69, 9.17) is 4.98 Å². The van der Waals surface area contributed by atoms with Crippen molar-refractivity contribution in [1.29, 1.82) is 0 Å². The maximum Gasteiger partial charge on any atom is 0.224 e. The Balaban J connectivity index is 1.44. The molecule has 4 nitrogen and oxygen atoms in total. The van der Waals surface area contributed by atoms with Crippen LogP contribution in [0.3, 0.4) is 0 Å². The van der Waals surface area contributed by atoms with E-state index in [2.05, 4.69) is 71.8 Å². The summed E-state index contributed by atoms with van der Waals surface area (Å²) in [6.07, 6.45) is 13.0. The summed E-state index contributed by atoms with van der Waals surface area (Å²) >= 11 is 0. The number of benzene rings is 2. The number of amides is 1. The monoisotopic (exact) mass is 485 g/mol. The summed E-state index contributed by atoms with van der Waals surface area (Å²) in [5, 5.41) is 0. The fraction of sp³-hybridized carbons (Fsp3) is 0.562. The summed E-state index contributed by atoms with van der Waals surface area (Å²) in [5.41, 5.74) is 4.68. The van der Waals surface area contributed by atoms with Crippen molar-refractivity contribution in [3.8, 4) is 11.1 Å². The van der Waals surface area contributed by atoms with E-state index in [9.17, 15) is 4.79 Å². The summed E-state index contributed by atoms with van der Waals surface area (Å²) in [6.45, 7) is 6.01. The zero-order valence-corrected chi connectivity index (χ0v) is 22.3. The highest BCUT2D eigenvalue weighted by atomic mass is 16.2. The molecule has 0 atom stereocenters. The topological polar surface area (TPSA) is 38.1 Å². The molecule has 3 aromatic rings. The molecular formula is C32H43N3O. The molecule has 0 N–H and O–H groups in total. The molecule has 0 unspecified atom stereocenters. The third-order valence-corrected chi connectivity index (χ3v) is 8.90. The van der Waals surface area contributed by atoms with Crippen LogP contribution in [-0.4, -0.2) is 32.9 Å². The molecule has 5 rings (SSSR count). The summed E-state index contributed by atoms with van der Waals surface area (Å²) < 4.78 is 2.41. The van der Waals surface area contributed by atoms with Crippen LogP contribution in [0, 0.1) is 5.92 Å². The second-order valence-corrected chi connectivity index (χ2v) is 11.0. The zero-order valence-electron chi connectivity index (χ0n) is 22.3. The van der Waals surface area contributed by atoms with Gasteiger partial charge in [-0.3, -0.25) is 4.79 Å². The Morgan fingerprint density at radius 3 is 2.36 bits per heavy atom. The van der Waals surface area contributed by atoms with Crippen LogP contribution < -0.4 is 0 Å². The van der Waals surface area contributed by atoms with Crippen molar-refractivity contribution >= 4 is 16.9 Å². The molecule has 0 bridgehead atoms. The minimum absolute atomic E-state index is 0.311. The van der Waals surface area contributed by atoms with Gasteiger partial charge in [-0.15, -0.1) is 0 Å². The standard InChI is InChI=1S/C32H43N3O/c1-3-24-15-17-26(18-16-24)32-33-29-20-19-27(25-11-7-5-8-12-25)23-30(29)35(32)22-21-31(36)34(4-2)28-13-9-6-10-14-28/h5,7-8,11-12,19-20,23-24,26,28H,3-4,6,9-10,13-18,21-22H2,1-2H3. The number of hydrogen-bond acceptors (Lipinski definition) is 2. The summed E-state index contributed by atoms with van der Waals surface area (Å²) in [4.78, 5) is 20.8. The minimum atomic E-state index is 0.311. The first-order valence-electron chi connectivity index (χ1n) is 14.5. The van der Waals surface area contributed by atoms with Gasteiger partial charge in [0.15, 0.2) is 0 Å². The molecule has 1 heterocycles. The minimum Gasteiger partial charge on any atom is -0.340 e. The second kappa shape index (κ2) is 11.6. The van der Waals surface area contributed by atoms with Crippen LogP contribution in [0.15, 0.2) is 48.5 Å². The van der Waals surface area contributed by atoms with Crippen LogP contribution in [0.5, 0.6) is 0 Å². The fourth-order valence-corrected chi connectivity index (χ4v) is 6.71. The lowest BCUT2D eigenvalue weighted by Gasteiger charge is -2.34. The SMILES string of the molecule is CCC1CCC(c2nc3ccc(-c4ccccc4)cc3n2CCC(=O)N(CC)C2CCCCC2)CC1. The maximum atomic E-state index is 13.5. The number of carbonyl (C=O) groups is 1. The van der Waals surface area contributed by atoms with Crippen molar-refractivity contribution in [3.05, 3.63) is 54.4 Å². The van der Waals surface area contributed by atoms with E-state index in [0.717, 1.165) is 24.5 Å². The van der Waals surface area contributed by atoms with Gasteiger partial charge in [-0.1, -0.05) is 69.0 Å². The largest absolute Gasteiger partial charge is 0.340 e.